The van der Waals surface area contributed by atoms with Crippen molar-refractivity contribution >= 4 is 57.3 Å². The van der Waals surface area contributed by atoms with Crippen LogP contribution in [0, 0.1) is 0 Å². The highest BCUT2D eigenvalue weighted by atomic mass is 35.5. The average molecular weight is 461 g/mol. The summed E-state index contributed by atoms with van der Waals surface area (Å²) in [6.45, 7) is 5.30. The Balaban J connectivity index is 1.49. The first-order valence-electron chi connectivity index (χ1n) is 9.03. The summed E-state index contributed by atoms with van der Waals surface area (Å²) in [5, 5.41) is 16.1. The van der Waals surface area contributed by atoms with E-state index < -0.39 is 0 Å². The van der Waals surface area contributed by atoms with Gasteiger partial charge in [-0.3, -0.25) is 4.79 Å². The van der Waals surface area contributed by atoms with Crippen LogP contribution in [0.4, 0.5) is 5.13 Å². The Morgan fingerprint density at radius 1 is 1.39 bits per heavy atom. The van der Waals surface area contributed by atoms with Crippen molar-refractivity contribution < 1.29 is 9.53 Å². The van der Waals surface area contributed by atoms with Crippen molar-refractivity contribution in [2.45, 2.75) is 48.4 Å². The molecule has 2 aromatic rings. The highest BCUT2D eigenvalue weighted by Crippen LogP contribution is 2.30. The van der Waals surface area contributed by atoms with E-state index in [9.17, 15) is 4.79 Å². The first-order chi connectivity index (χ1) is 13.4. The molecule has 1 aromatic carbocycles. The van der Waals surface area contributed by atoms with Crippen molar-refractivity contribution in [3.63, 3.8) is 0 Å². The van der Waals surface area contributed by atoms with E-state index in [1.807, 2.05) is 19.9 Å². The van der Waals surface area contributed by atoms with Gasteiger partial charge in [-0.2, -0.15) is 0 Å². The maximum atomic E-state index is 12.5. The highest BCUT2D eigenvalue weighted by molar-refractivity contribution is 8.02. The minimum absolute atomic E-state index is 0.0902. The molecular weight excluding hydrogens is 439 g/mol. The quantitative estimate of drug-likeness (QED) is 0.551. The van der Waals surface area contributed by atoms with Crippen LogP contribution in [-0.2, 0) is 9.53 Å². The van der Waals surface area contributed by atoms with Crippen LogP contribution in [-0.4, -0.2) is 40.6 Å². The molecule has 2 N–H and O–H groups in total. The number of nitrogens with zero attached hydrogens (tertiary/aromatic N) is 2. The molecule has 28 heavy (non-hydrogen) atoms. The van der Waals surface area contributed by atoms with Gasteiger partial charge in [-0.15, -0.1) is 10.2 Å². The molecule has 0 unspecified atom stereocenters. The number of benzene rings is 1. The molecule has 3 rings (SSSR count). The van der Waals surface area contributed by atoms with Crippen molar-refractivity contribution in [3.05, 3.63) is 33.8 Å². The number of anilines is 1. The summed E-state index contributed by atoms with van der Waals surface area (Å²) in [5.41, 5.74) is 0.827. The molecule has 0 aliphatic carbocycles. The Bertz CT molecular complexity index is 815. The van der Waals surface area contributed by atoms with E-state index in [1.165, 1.54) is 23.1 Å². The molecule has 1 aliphatic heterocycles. The molecule has 0 saturated carbocycles. The van der Waals surface area contributed by atoms with Crippen LogP contribution in [0.3, 0.4) is 0 Å². The fourth-order valence-corrected chi connectivity index (χ4v) is 5.29. The number of hydrogen-bond donors (Lipinski definition) is 2. The monoisotopic (exact) mass is 460 g/mol. The molecule has 0 spiro atoms. The van der Waals surface area contributed by atoms with Gasteiger partial charge in [-0.05, 0) is 44.4 Å². The predicted octanol–water partition coefficient (Wildman–Crippen LogP) is 4.79. The van der Waals surface area contributed by atoms with Crippen LogP contribution >= 0.6 is 46.3 Å². The smallest absolute Gasteiger partial charge is 0.233 e. The summed E-state index contributed by atoms with van der Waals surface area (Å²) in [6.07, 6.45) is 2.42. The molecule has 6 nitrogen and oxygen atoms in total. The Morgan fingerprint density at radius 2 is 2.21 bits per heavy atom. The van der Waals surface area contributed by atoms with Gasteiger partial charge in [-0.25, -0.2) is 0 Å². The third-order valence-corrected chi connectivity index (χ3v) is 6.97. The predicted molar refractivity (Wildman–Crippen MR) is 116 cm³/mol. The standard InChI is InChI=1S/C18H22Cl2N4O2S2/c1-10(14-6-5-12(19)8-15(14)20)22-16(25)11(2)27-18-24-23-17(28-18)21-9-13-4-3-7-26-13/h5-6,8,10-11,13H,3-4,7,9H2,1-2H3,(H,21,23)(H,22,25)/t10-,11+,13+/m1/s1. The number of hydrogen-bond acceptors (Lipinski definition) is 7. The zero-order valence-electron chi connectivity index (χ0n) is 15.6. The molecule has 1 amide bonds. The summed E-state index contributed by atoms with van der Waals surface area (Å²) in [7, 11) is 0. The van der Waals surface area contributed by atoms with Gasteiger partial charge < -0.3 is 15.4 Å². The summed E-state index contributed by atoms with van der Waals surface area (Å²) < 4.78 is 6.33. The average Bonchev–Trinajstić information content (AvgIpc) is 3.31. The molecule has 1 saturated heterocycles. The lowest BCUT2D eigenvalue weighted by Crippen LogP contribution is -2.33. The van der Waals surface area contributed by atoms with Crippen molar-refractivity contribution in [1.82, 2.24) is 15.5 Å². The molecule has 10 heteroatoms. The number of carbonyl (C=O) groups excluding carboxylic acids is 1. The third-order valence-electron chi connectivity index (χ3n) is 4.35. The largest absolute Gasteiger partial charge is 0.376 e. The number of rotatable bonds is 8. The minimum Gasteiger partial charge on any atom is -0.376 e. The van der Waals surface area contributed by atoms with E-state index in [1.54, 1.807) is 12.1 Å². The fraction of sp³-hybridized carbons (Fsp3) is 0.500. The van der Waals surface area contributed by atoms with Crippen molar-refractivity contribution in [2.75, 3.05) is 18.5 Å². The van der Waals surface area contributed by atoms with E-state index in [2.05, 4.69) is 20.8 Å². The highest BCUT2D eigenvalue weighted by Gasteiger charge is 2.21. The normalized spacial score (nSPS) is 18.6. The first-order valence-corrected chi connectivity index (χ1v) is 11.5. The molecule has 1 aliphatic rings. The molecule has 2 heterocycles. The number of aromatic nitrogens is 2. The molecule has 3 atom stereocenters. The van der Waals surface area contributed by atoms with E-state index in [0.717, 1.165) is 41.0 Å². The van der Waals surface area contributed by atoms with E-state index in [-0.39, 0.29) is 23.3 Å². The Hall–Kier alpha value is -1.06. The van der Waals surface area contributed by atoms with Gasteiger partial charge in [0.15, 0.2) is 4.34 Å². The molecule has 1 aromatic heterocycles. The molecule has 1 fully saturated rings. The number of nitrogens with one attached hydrogen (secondary N) is 2. The second-order valence-electron chi connectivity index (χ2n) is 6.55. The minimum atomic E-state index is -0.313. The summed E-state index contributed by atoms with van der Waals surface area (Å²) in [4.78, 5) is 12.5. The topological polar surface area (TPSA) is 76.1 Å². The van der Waals surface area contributed by atoms with Crippen LogP contribution in [0.2, 0.25) is 10.0 Å². The summed E-state index contributed by atoms with van der Waals surface area (Å²) >= 11 is 15.0. The van der Waals surface area contributed by atoms with Gasteiger partial charge in [0.05, 0.1) is 17.4 Å². The van der Waals surface area contributed by atoms with E-state index in [0.29, 0.717) is 10.0 Å². The lowest BCUT2D eigenvalue weighted by atomic mass is 10.1. The third kappa shape index (κ3) is 5.97. The molecule has 0 radical (unpaired) electrons. The van der Waals surface area contributed by atoms with Gasteiger partial charge in [-0.1, -0.05) is 52.4 Å². The van der Waals surface area contributed by atoms with Gasteiger partial charge >= 0.3 is 0 Å². The summed E-state index contributed by atoms with van der Waals surface area (Å²) in [5.74, 6) is -0.0902. The molecule has 0 bridgehead atoms. The lowest BCUT2D eigenvalue weighted by Gasteiger charge is -2.18. The van der Waals surface area contributed by atoms with Crippen LogP contribution in [0.25, 0.3) is 0 Å². The SMILES string of the molecule is C[C@H](Sc1nnc(NC[C@@H]2CCCO2)s1)C(=O)N[C@H](C)c1ccc(Cl)cc1Cl. The van der Waals surface area contributed by atoms with Gasteiger partial charge in [0.1, 0.15) is 0 Å². The lowest BCUT2D eigenvalue weighted by molar-refractivity contribution is -0.120. The maximum absolute atomic E-state index is 12.5. The van der Waals surface area contributed by atoms with Crippen LogP contribution in [0.5, 0.6) is 0 Å². The second-order valence-corrected chi connectivity index (χ2v) is 9.95. The van der Waals surface area contributed by atoms with Crippen LogP contribution in [0.15, 0.2) is 22.5 Å². The fourth-order valence-electron chi connectivity index (χ4n) is 2.80. The Kier molecular flexibility index (Phi) is 7.82. The number of carbonyl (C=O) groups is 1. The zero-order valence-corrected chi connectivity index (χ0v) is 18.7. The van der Waals surface area contributed by atoms with Crippen molar-refractivity contribution in [1.29, 1.82) is 0 Å². The number of halogens is 2. The Labute approximate surface area is 182 Å². The number of thioether (sulfide) groups is 1. The van der Waals surface area contributed by atoms with E-state index >= 15 is 0 Å². The maximum Gasteiger partial charge on any atom is 0.233 e. The zero-order chi connectivity index (χ0) is 20.1. The number of amides is 1. The van der Waals surface area contributed by atoms with Gasteiger partial charge in [0.25, 0.3) is 0 Å². The summed E-state index contributed by atoms with van der Waals surface area (Å²) in [6, 6.07) is 5.03. The number of ether oxygens (including phenoxy) is 1. The molecule has 152 valence electrons. The van der Waals surface area contributed by atoms with Crippen LogP contribution < -0.4 is 10.6 Å². The molecular formula is C18H22Cl2N4O2S2. The Morgan fingerprint density at radius 3 is 2.93 bits per heavy atom. The second kappa shape index (κ2) is 10.1. The first kappa shape index (κ1) is 21.6. The van der Waals surface area contributed by atoms with Crippen LogP contribution in [0.1, 0.15) is 38.3 Å². The van der Waals surface area contributed by atoms with E-state index in [4.69, 9.17) is 27.9 Å². The van der Waals surface area contributed by atoms with Crippen molar-refractivity contribution in [2.24, 2.45) is 0 Å². The van der Waals surface area contributed by atoms with Crippen molar-refractivity contribution in [3.8, 4) is 0 Å². The van der Waals surface area contributed by atoms with Gasteiger partial charge in [0, 0.05) is 23.2 Å². The van der Waals surface area contributed by atoms with Gasteiger partial charge in [0.2, 0.25) is 11.0 Å².